The Morgan fingerprint density at radius 3 is 2.35 bits per heavy atom. The summed E-state index contributed by atoms with van der Waals surface area (Å²) in [5, 5.41) is 0.460. The SMILES string of the molecule is O=S(=O)(CCC[C@@H]1CCCN1S(=O)(=O)c1ccc(Cl)cc1Cl)N1[C@@H]2CC[C@H]1C[C@H](Oc1ccncc1)C2. The third-order valence-corrected chi connectivity index (χ3v) is 12.4. The van der Waals surface area contributed by atoms with E-state index in [1.807, 2.05) is 12.1 Å². The van der Waals surface area contributed by atoms with Gasteiger partial charge in [-0.2, -0.15) is 8.61 Å². The van der Waals surface area contributed by atoms with Crippen molar-refractivity contribution in [1.29, 1.82) is 0 Å². The van der Waals surface area contributed by atoms with Crippen LogP contribution in [0, 0.1) is 0 Å². The number of fused-ring (bicyclic) bond motifs is 2. The molecule has 12 heteroatoms. The van der Waals surface area contributed by atoms with Gasteiger partial charge in [-0.05, 0) is 68.9 Å². The van der Waals surface area contributed by atoms with Crippen molar-refractivity contribution in [2.24, 2.45) is 0 Å². The van der Waals surface area contributed by atoms with Gasteiger partial charge in [-0.1, -0.05) is 23.2 Å². The molecule has 0 amide bonds. The van der Waals surface area contributed by atoms with Crippen LogP contribution in [0.2, 0.25) is 10.0 Å². The highest BCUT2D eigenvalue weighted by Gasteiger charge is 2.47. The number of pyridine rings is 1. The highest BCUT2D eigenvalue weighted by Crippen LogP contribution is 2.40. The van der Waals surface area contributed by atoms with E-state index in [0.717, 1.165) is 25.0 Å². The van der Waals surface area contributed by atoms with E-state index in [1.165, 1.54) is 22.5 Å². The minimum absolute atomic E-state index is 0.0108. The molecule has 1 aromatic carbocycles. The minimum atomic E-state index is -3.80. The van der Waals surface area contributed by atoms with Crippen LogP contribution >= 0.6 is 23.2 Å². The molecule has 4 atom stereocenters. The van der Waals surface area contributed by atoms with Crippen molar-refractivity contribution in [2.45, 2.75) is 80.5 Å². The monoisotopic (exact) mass is 587 g/mol. The summed E-state index contributed by atoms with van der Waals surface area (Å²) < 4.78 is 62.6. The van der Waals surface area contributed by atoms with E-state index in [2.05, 4.69) is 4.98 Å². The van der Waals surface area contributed by atoms with Crippen LogP contribution < -0.4 is 4.74 Å². The van der Waals surface area contributed by atoms with E-state index < -0.39 is 20.0 Å². The van der Waals surface area contributed by atoms with Crippen LogP contribution in [0.4, 0.5) is 0 Å². The van der Waals surface area contributed by atoms with Gasteiger partial charge < -0.3 is 4.74 Å². The van der Waals surface area contributed by atoms with Crippen molar-refractivity contribution in [3.63, 3.8) is 0 Å². The number of sulfonamides is 2. The lowest BCUT2D eigenvalue weighted by molar-refractivity contribution is 0.0956. The molecule has 0 radical (unpaired) electrons. The summed E-state index contributed by atoms with van der Waals surface area (Å²) in [4.78, 5) is 4.04. The first-order chi connectivity index (χ1) is 17.6. The molecule has 1 aromatic heterocycles. The summed E-state index contributed by atoms with van der Waals surface area (Å²) in [5.41, 5.74) is 0. The molecule has 3 aliphatic heterocycles. The van der Waals surface area contributed by atoms with Crippen molar-refractivity contribution in [2.75, 3.05) is 12.3 Å². The highest BCUT2D eigenvalue weighted by atomic mass is 35.5. The second kappa shape index (κ2) is 11.0. The van der Waals surface area contributed by atoms with E-state index in [0.29, 0.717) is 43.7 Å². The lowest BCUT2D eigenvalue weighted by Gasteiger charge is -2.38. The van der Waals surface area contributed by atoms with Gasteiger partial charge in [0.05, 0.1) is 10.8 Å². The maximum atomic E-state index is 13.4. The number of nitrogens with zero attached hydrogens (tertiary/aromatic N) is 3. The Balaban J connectivity index is 1.19. The van der Waals surface area contributed by atoms with Crippen LogP contribution in [-0.2, 0) is 20.0 Å². The van der Waals surface area contributed by atoms with Crippen LogP contribution in [0.1, 0.15) is 51.4 Å². The molecule has 37 heavy (non-hydrogen) atoms. The number of hydrogen-bond donors (Lipinski definition) is 0. The van der Waals surface area contributed by atoms with E-state index >= 15 is 0 Å². The predicted octanol–water partition coefficient (Wildman–Crippen LogP) is 4.73. The number of halogens is 2. The molecule has 2 bridgehead atoms. The average molecular weight is 589 g/mol. The Kier molecular flexibility index (Phi) is 8.06. The number of rotatable bonds is 9. The molecule has 2 aromatic rings. The quantitative estimate of drug-likeness (QED) is 0.421. The zero-order valence-electron chi connectivity index (χ0n) is 20.4. The zero-order chi connectivity index (χ0) is 26.2. The van der Waals surface area contributed by atoms with Crippen molar-refractivity contribution < 1.29 is 21.6 Å². The van der Waals surface area contributed by atoms with Gasteiger partial charge in [0.15, 0.2) is 0 Å². The Hall–Kier alpha value is -1.43. The summed E-state index contributed by atoms with van der Waals surface area (Å²) in [5.74, 6) is 0.772. The molecule has 0 spiro atoms. The van der Waals surface area contributed by atoms with E-state index in [9.17, 15) is 16.8 Å². The Bertz CT molecular complexity index is 1310. The van der Waals surface area contributed by atoms with Crippen LogP contribution in [0.3, 0.4) is 0 Å². The number of piperidine rings is 1. The number of benzene rings is 1. The molecule has 5 rings (SSSR count). The molecule has 0 saturated carbocycles. The first-order valence-electron chi connectivity index (χ1n) is 12.7. The lowest BCUT2D eigenvalue weighted by Crippen LogP contribution is -2.50. The molecule has 4 heterocycles. The highest BCUT2D eigenvalue weighted by molar-refractivity contribution is 7.89. The van der Waals surface area contributed by atoms with Gasteiger partial charge >= 0.3 is 0 Å². The van der Waals surface area contributed by atoms with Gasteiger partial charge in [-0.15, -0.1) is 0 Å². The molecular formula is C25H31Cl2N3O5S2. The standard InChI is InChI=1S/C25H31Cl2N3O5S2/c26-18-5-8-25(24(27)15-18)37(33,34)29-13-1-3-19(29)4-2-14-36(31,32)30-20-6-7-21(30)17-23(16-20)35-22-9-11-28-12-10-22/h5,8-12,15,19-21,23H,1-4,6-7,13-14,16-17H2/t19-,20-,21+,23-/m0/s1. The van der Waals surface area contributed by atoms with E-state index in [1.54, 1.807) is 16.7 Å². The Labute approximate surface area is 229 Å². The maximum absolute atomic E-state index is 13.4. The largest absolute Gasteiger partial charge is 0.490 e. The first kappa shape index (κ1) is 27.1. The second-order valence-electron chi connectivity index (χ2n) is 10.1. The molecule has 3 saturated heterocycles. The van der Waals surface area contributed by atoms with Crippen molar-refractivity contribution in [3.8, 4) is 5.75 Å². The Morgan fingerprint density at radius 1 is 0.973 bits per heavy atom. The zero-order valence-corrected chi connectivity index (χ0v) is 23.5. The second-order valence-corrected chi connectivity index (χ2v) is 14.8. The van der Waals surface area contributed by atoms with E-state index in [-0.39, 0.29) is 39.9 Å². The number of hydrogen-bond acceptors (Lipinski definition) is 6. The molecule has 8 nitrogen and oxygen atoms in total. The van der Waals surface area contributed by atoms with Crippen LogP contribution in [0.5, 0.6) is 5.75 Å². The third-order valence-electron chi connectivity index (χ3n) is 7.64. The summed E-state index contributed by atoms with van der Waals surface area (Å²) in [6.45, 7) is 0.397. The van der Waals surface area contributed by atoms with Crippen molar-refractivity contribution in [1.82, 2.24) is 13.6 Å². The van der Waals surface area contributed by atoms with Gasteiger partial charge in [0.1, 0.15) is 16.7 Å². The van der Waals surface area contributed by atoms with Crippen molar-refractivity contribution >= 4 is 43.2 Å². The number of aromatic nitrogens is 1. The summed E-state index contributed by atoms with van der Waals surface area (Å²) in [6.07, 6.45) is 8.72. The fourth-order valence-corrected chi connectivity index (χ4v) is 10.6. The van der Waals surface area contributed by atoms with Crippen LogP contribution in [0.25, 0.3) is 0 Å². The topological polar surface area (TPSA) is 96.9 Å². The minimum Gasteiger partial charge on any atom is -0.490 e. The molecule has 0 N–H and O–H groups in total. The van der Waals surface area contributed by atoms with Gasteiger partial charge in [0.2, 0.25) is 20.0 Å². The fraction of sp³-hybridized carbons (Fsp3) is 0.560. The van der Waals surface area contributed by atoms with Crippen LogP contribution in [0.15, 0.2) is 47.6 Å². The molecule has 202 valence electrons. The van der Waals surface area contributed by atoms with Gasteiger partial charge in [0, 0.05) is 54.9 Å². The smallest absolute Gasteiger partial charge is 0.244 e. The normalized spacial score (nSPS) is 27.0. The lowest BCUT2D eigenvalue weighted by atomic mass is 10.0. The summed E-state index contributed by atoms with van der Waals surface area (Å²) in [7, 11) is -7.26. The van der Waals surface area contributed by atoms with Crippen molar-refractivity contribution in [3.05, 3.63) is 52.8 Å². The van der Waals surface area contributed by atoms with Gasteiger partial charge in [0.25, 0.3) is 0 Å². The average Bonchev–Trinajstić information content (AvgIpc) is 3.43. The molecule has 3 aliphatic rings. The fourth-order valence-electron chi connectivity index (χ4n) is 6.08. The van der Waals surface area contributed by atoms with E-state index in [4.69, 9.17) is 27.9 Å². The molecule has 0 unspecified atom stereocenters. The first-order valence-corrected chi connectivity index (χ1v) is 16.5. The summed E-state index contributed by atoms with van der Waals surface area (Å²) >= 11 is 12.1. The third kappa shape index (κ3) is 5.79. The van der Waals surface area contributed by atoms with Gasteiger partial charge in [-0.25, -0.2) is 16.8 Å². The molecule has 0 aliphatic carbocycles. The summed E-state index contributed by atoms with van der Waals surface area (Å²) in [6, 6.07) is 7.65. The maximum Gasteiger partial charge on any atom is 0.244 e. The van der Waals surface area contributed by atoms with Gasteiger partial charge in [-0.3, -0.25) is 4.98 Å². The molecule has 3 fully saturated rings. The predicted molar refractivity (Wildman–Crippen MR) is 143 cm³/mol. The Morgan fingerprint density at radius 2 is 1.68 bits per heavy atom. The van der Waals surface area contributed by atoms with Crippen LogP contribution in [-0.4, -0.2) is 67.0 Å². The molecular weight excluding hydrogens is 557 g/mol. The number of ether oxygens (including phenoxy) is 1.